The summed E-state index contributed by atoms with van der Waals surface area (Å²) in [5.41, 5.74) is -0.494. The van der Waals surface area contributed by atoms with E-state index < -0.39 is 17.8 Å². The van der Waals surface area contributed by atoms with E-state index in [1.165, 1.54) is 12.1 Å². The number of aromatic nitrogens is 2. The Labute approximate surface area is 131 Å². The molecule has 1 aliphatic heterocycles. The molecule has 1 aromatic carbocycles. The number of aryl methyl sites for hydroxylation is 1. The molecule has 0 aliphatic carbocycles. The number of halogens is 3. The zero-order valence-electron chi connectivity index (χ0n) is 12.5. The van der Waals surface area contributed by atoms with Crippen LogP contribution in [0.4, 0.5) is 13.2 Å². The highest BCUT2D eigenvalue weighted by molar-refractivity contribution is 5.32. The topological polar surface area (TPSA) is 51.4 Å². The van der Waals surface area contributed by atoms with Crippen LogP contribution in [0.25, 0.3) is 0 Å². The summed E-state index contributed by atoms with van der Waals surface area (Å²) in [4.78, 5) is 1.95. The van der Waals surface area contributed by atoms with Crippen LogP contribution in [0.15, 0.2) is 28.7 Å². The molecule has 2 aromatic rings. The highest BCUT2D eigenvalue weighted by Crippen LogP contribution is 2.36. The second-order valence-electron chi connectivity index (χ2n) is 5.39. The molecule has 1 saturated heterocycles. The number of hydrogen-bond donors (Lipinski definition) is 0. The molecular formula is C15H16F3N3O2. The van der Waals surface area contributed by atoms with Crippen molar-refractivity contribution in [1.82, 2.24) is 15.1 Å². The highest BCUT2D eigenvalue weighted by Gasteiger charge is 2.36. The number of benzene rings is 1. The van der Waals surface area contributed by atoms with Crippen molar-refractivity contribution < 1.29 is 22.3 Å². The van der Waals surface area contributed by atoms with Gasteiger partial charge in [-0.15, -0.1) is 10.2 Å². The largest absolute Gasteiger partial charge is 0.424 e. The molecule has 0 radical (unpaired) electrons. The number of nitrogens with zero attached hydrogens (tertiary/aromatic N) is 3. The number of rotatable bonds is 3. The molecule has 0 unspecified atom stereocenters. The van der Waals surface area contributed by atoms with Gasteiger partial charge in [-0.1, -0.05) is 18.2 Å². The van der Waals surface area contributed by atoms with Crippen LogP contribution in [-0.4, -0.2) is 34.8 Å². The molecule has 8 heteroatoms. The minimum atomic E-state index is -4.40. The van der Waals surface area contributed by atoms with E-state index in [2.05, 4.69) is 10.2 Å². The first-order valence-electron chi connectivity index (χ1n) is 7.22. The molecule has 0 N–H and O–H groups in total. The van der Waals surface area contributed by atoms with E-state index in [4.69, 9.17) is 9.15 Å². The number of ether oxygens (including phenoxy) is 1. The van der Waals surface area contributed by atoms with Crippen LogP contribution >= 0.6 is 0 Å². The Morgan fingerprint density at radius 3 is 2.74 bits per heavy atom. The molecule has 1 aliphatic rings. The lowest BCUT2D eigenvalue weighted by molar-refractivity contribution is -0.140. The monoisotopic (exact) mass is 327 g/mol. The van der Waals surface area contributed by atoms with E-state index in [1.807, 2.05) is 4.90 Å². The van der Waals surface area contributed by atoms with Crippen molar-refractivity contribution in [2.24, 2.45) is 0 Å². The van der Waals surface area contributed by atoms with Gasteiger partial charge in [0.1, 0.15) is 0 Å². The second-order valence-corrected chi connectivity index (χ2v) is 5.39. The summed E-state index contributed by atoms with van der Waals surface area (Å²) in [5, 5.41) is 7.67. The smallest absolute Gasteiger partial charge is 0.416 e. The average Bonchev–Trinajstić information content (AvgIpc) is 2.92. The molecule has 0 bridgehead atoms. The number of morpholine rings is 1. The Morgan fingerprint density at radius 1 is 1.26 bits per heavy atom. The van der Waals surface area contributed by atoms with Gasteiger partial charge in [0.15, 0.2) is 0 Å². The lowest BCUT2D eigenvalue weighted by Crippen LogP contribution is -2.38. The first kappa shape index (κ1) is 15.9. The predicted octanol–water partition coefficient (Wildman–Crippen LogP) is 2.97. The summed E-state index contributed by atoms with van der Waals surface area (Å²) in [6.07, 6.45) is -5.03. The zero-order chi connectivity index (χ0) is 16.4. The average molecular weight is 327 g/mol. The third-order valence-corrected chi connectivity index (χ3v) is 3.69. The Kier molecular flexibility index (Phi) is 4.36. The van der Waals surface area contributed by atoms with E-state index in [-0.39, 0.29) is 5.56 Å². The third-order valence-electron chi connectivity index (χ3n) is 3.69. The van der Waals surface area contributed by atoms with Crippen LogP contribution in [0.1, 0.15) is 29.0 Å². The van der Waals surface area contributed by atoms with Crippen molar-refractivity contribution in [3.8, 4) is 0 Å². The van der Waals surface area contributed by atoms with E-state index in [1.54, 1.807) is 13.0 Å². The summed E-state index contributed by atoms with van der Waals surface area (Å²) < 4.78 is 50.3. The van der Waals surface area contributed by atoms with Gasteiger partial charge in [0, 0.05) is 20.0 Å². The van der Waals surface area contributed by atoms with E-state index in [0.717, 1.165) is 6.07 Å². The third kappa shape index (κ3) is 3.70. The van der Waals surface area contributed by atoms with E-state index >= 15 is 0 Å². The first-order valence-corrected chi connectivity index (χ1v) is 7.22. The van der Waals surface area contributed by atoms with Gasteiger partial charge in [-0.3, -0.25) is 4.90 Å². The van der Waals surface area contributed by atoms with E-state index in [9.17, 15) is 13.2 Å². The fourth-order valence-corrected chi connectivity index (χ4v) is 2.66. The molecule has 0 amide bonds. The van der Waals surface area contributed by atoms with Crippen LogP contribution < -0.4 is 0 Å². The van der Waals surface area contributed by atoms with E-state index in [0.29, 0.717) is 38.0 Å². The molecule has 1 aromatic heterocycles. The van der Waals surface area contributed by atoms with Gasteiger partial charge in [-0.2, -0.15) is 13.2 Å². The predicted molar refractivity (Wildman–Crippen MR) is 74.4 cm³/mol. The minimum Gasteiger partial charge on any atom is -0.424 e. The quantitative estimate of drug-likeness (QED) is 0.867. The standard InChI is InChI=1S/C15H16F3N3O2/c1-10-19-20-14(23-10)9-21-6-7-22-13(8-21)11-4-2-3-5-12(11)15(16,17)18/h2-5,13H,6-9H2,1H3/t13-/m0/s1. The van der Waals surface area contributed by atoms with Gasteiger partial charge in [0.05, 0.1) is 24.8 Å². The second kappa shape index (κ2) is 6.29. The highest BCUT2D eigenvalue weighted by atomic mass is 19.4. The molecule has 0 spiro atoms. The van der Waals surface area contributed by atoms with Crippen molar-refractivity contribution in [1.29, 1.82) is 0 Å². The maximum absolute atomic E-state index is 13.1. The van der Waals surface area contributed by atoms with Crippen molar-refractivity contribution >= 4 is 0 Å². The van der Waals surface area contributed by atoms with Gasteiger partial charge in [0.25, 0.3) is 0 Å². The Hall–Kier alpha value is -1.93. The zero-order valence-corrected chi connectivity index (χ0v) is 12.5. The van der Waals surface area contributed by atoms with Gasteiger partial charge < -0.3 is 9.15 Å². The van der Waals surface area contributed by atoms with Crippen LogP contribution in [0, 0.1) is 6.92 Å². The Bertz CT molecular complexity index is 672. The summed E-state index contributed by atoms with van der Waals surface area (Å²) in [6.45, 7) is 3.39. The van der Waals surface area contributed by atoms with Crippen LogP contribution in [-0.2, 0) is 17.5 Å². The minimum absolute atomic E-state index is 0.159. The maximum atomic E-state index is 13.1. The SMILES string of the molecule is Cc1nnc(CN2CCO[C@H](c3ccccc3C(F)(F)F)C2)o1. The molecular weight excluding hydrogens is 311 g/mol. The lowest BCUT2D eigenvalue weighted by Gasteiger charge is -2.33. The first-order chi connectivity index (χ1) is 10.9. The molecule has 23 heavy (non-hydrogen) atoms. The summed E-state index contributed by atoms with van der Waals surface area (Å²) in [7, 11) is 0. The van der Waals surface area contributed by atoms with Crippen molar-refractivity contribution in [3.05, 3.63) is 47.2 Å². The van der Waals surface area contributed by atoms with Crippen molar-refractivity contribution in [2.45, 2.75) is 25.7 Å². The number of alkyl halides is 3. The molecule has 0 saturated carbocycles. The van der Waals surface area contributed by atoms with Gasteiger partial charge >= 0.3 is 6.18 Å². The van der Waals surface area contributed by atoms with Gasteiger partial charge in [0.2, 0.25) is 11.8 Å². The molecule has 1 fully saturated rings. The Morgan fingerprint density at radius 2 is 2.04 bits per heavy atom. The van der Waals surface area contributed by atoms with Crippen molar-refractivity contribution in [3.63, 3.8) is 0 Å². The molecule has 1 atom stereocenters. The van der Waals surface area contributed by atoms with Crippen LogP contribution in [0.2, 0.25) is 0 Å². The number of hydrogen-bond acceptors (Lipinski definition) is 5. The summed E-state index contributed by atoms with van der Waals surface area (Å²) in [5.74, 6) is 0.916. The normalized spacial score (nSPS) is 19.9. The fraction of sp³-hybridized carbons (Fsp3) is 0.467. The molecule has 2 heterocycles. The molecule has 3 rings (SSSR count). The molecule has 124 valence electrons. The van der Waals surface area contributed by atoms with Crippen LogP contribution in [0.5, 0.6) is 0 Å². The fourth-order valence-electron chi connectivity index (χ4n) is 2.66. The van der Waals surface area contributed by atoms with Gasteiger partial charge in [-0.25, -0.2) is 0 Å². The maximum Gasteiger partial charge on any atom is 0.416 e. The molecule has 5 nitrogen and oxygen atoms in total. The van der Waals surface area contributed by atoms with Crippen molar-refractivity contribution in [2.75, 3.05) is 19.7 Å². The lowest BCUT2D eigenvalue weighted by atomic mass is 10.0. The summed E-state index contributed by atoms with van der Waals surface area (Å²) in [6, 6.07) is 5.52. The Balaban J connectivity index is 1.76. The summed E-state index contributed by atoms with van der Waals surface area (Å²) >= 11 is 0. The van der Waals surface area contributed by atoms with Gasteiger partial charge in [-0.05, 0) is 11.6 Å². The van der Waals surface area contributed by atoms with Crippen LogP contribution in [0.3, 0.4) is 0 Å².